The van der Waals surface area contributed by atoms with Crippen LogP contribution >= 0.6 is 7.37 Å². The number of hydrogen-bond donors (Lipinski definition) is 0. The highest BCUT2D eigenvalue weighted by Crippen LogP contribution is 2.43. The van der Waals surface area contributed by atoms with Crippen LogP contribution in [0.15, 0.2) is 24.4 Å². The quantitative estimate of drug-likeness (QED) is 0.721. The fourth-order valence-electron chi connectivity index (χ4n) is 1.21. The molecule has 0 fully saturated rings. The van der Waals surface area contributed by atoms with Gasteiger partial charge in [0.2, 0.25) is 0 Å². The van der Waals surface area contributed by atoms with Gasteiger partial charge in [-0.05, 0) is 18.6 Å². The first kappa shape index (κ1) is 11.4. The first-order valence-electron chi connectivity index (χ1n) is 4.67. The van der Waals surface area contributed by atoms with Gasteiger partial charge in [-0.3, -0.25) is 9.55 Å². The summed E-state index contributed by atoms with van der Waals surface area (Å²) in [4.78, 5) is 4.19. The second-order valence-corrected chi connectivity index (χ2v) is 6.22. The lowest BCUT2D eigenvalue weighted by Gasteiger charge is -2.18. The average molecular weight is 213 g/mol. The van der Waals surface area contributed by atoms with E-state index in [-0.39, 0.29) is 6.10 Å². The standard InChI is InChI=1S/C10H16NO2P/c1-4-10(13-14(2,3)12)9-7-5-6-8-11-9/h5-8,10H,4H2,1-3H3. The Labute approximate surface area is 85.0 Å². The molecule has 1 aromatic heterocycles. The van der Waals surface area contributed by atoms with Crippen molar-refractivity contribution < 1.29 is 9.09 Å². The lowest BCUT2D eigenvalue weighted by atomic mass is 10.2. The smallest absolute Gasteiger partial charge is 0.197 e. The van der Waals surface area contributed by atoms with Gasteiger partial charge >= 0.3 is 0 Å². The Kier molecular flexibility index (Phi) is 3.85. The van der Waals surface area contributed by atoms with Crippen molar-refractivity contribution in [1.29, 1.82) is 0 Å². The summed E-state index contributed by atoms with van der Waals surface area (Å²) in [5, 5.41) is 0. The van der Waals surface area contributed by atoms with Crippen molar-refractivity contribution in [2.45, 2.75) is 19.4 Å². The third-order valence-electron chi connectivity index (χ3n) is 1.77. The number of nitrogens with zero attached hydrogens (tertiary/aromatic N) is 1. The van der Waals surface area contributed by atoms with E-state index in [0.29, 0.717) is 0 Å². The fraction of sp³-hybridized carbons (Fsp3) is 0.500. The molecule has 1 unspecified atom stereocenters. The number of rotatable bonds is 4. The van der Waals surface area contributed by atoms with Crippen molar-refractivity contribution >= 4 is 7.37 Å². The zero-order valence-corrected chi connectivity index (χ0v) is 9.70. The third kappa shape index (κ3) is 3.60. The Balaban J connectivity index is 2.78. The van der Waals surface area contributed by atoms with E-state index in [1.165, 1.54) is 0 Å². The molecule has 0 N–H and O–H groups in total. The normalized spacial score (nSPS) is 13.9. The minimum Gasteiger partial charge on any atom is -0.319 e. The molecule has 1 aromatic rings. The molecule has 3 nitrogen and oxygen atoms in total. The van der Waals surface area contributed by atoms with Crippen molar-refractivity contribution in [2.24, 2.45) is 0 Å². The van der Waals surface area contributed by atoms with E-state index in [2.05, 4.69) is 4.98 Å². The summed E-state index contributed by atoms with van der Waals surface area (Å²) in [6.07, 6.45) is 2.34. The summed E-state index contributed by atoms with van der Waals surface area (Å²) in [5.74, 6) is 0. The zero-order valence-electron chi connectivity index (χ0n) is 8.80. The van der Waals surface area contributed by atoms with Gasteiger partial charge in [-0.2, -0.15) is 0 Å². The molecular weight excluding hydrogens is 197 g/mol. The summed E-state index contributed by atoms with van der Waals surface area (Å²) in [7, 11) is -2.44. The summed E-state index contributed by atoms with van der Waals surface area (Å²) >= 11 is 0. The molecule has 0 aliphatic heterocycles. The monoisotopic (exact) mass is 213 g/mol. The summed E-state index contributed by atoms with van der Waals surface area (Å²) in [6.45, 7) is 5.24. The van der Waals surface area contributed by atoms with E-state index < -0.39 is 7.37 Å². The van der Waals surface area contributed by atoms with Crippen LogP contribution < -0.4 is 0 Å². The van der Waals surface area contributed by atoms with Crippen LogP contribution in [-0.2, 0) is 9.09 Å². The Morgan fingerprint density at radius 2 is 2.21 bits per heavy atom. The lowest BCUT2D eigenvalue weighted by molar-refractivity contribution is 0.203. The maximum Gasteiger partial charge on any atom is 0.197 e. The van der Waals surface area contributed by atoms with Gasteiger partial charge < -0.3 is 4.52 Å². The second kappa shape index (κ2) is 4.72. The SMILES string of the molecule is CCC(OP(C)(C)=O)c1ccccn1. The van der Waals surface area contributed by atoms with Gasteiger partial charge in [0, 0.05) is 19.5 Å². The summed E-state index contributed by atoms with van der Waals surface area (Å²) < 4.78 is 17.0. The van der Waals surface area contributed by atoms with Crippen LogP contribution in [0.3, 0.4) is 0 Å². The van der Waals surface area contributed by atoms with E-state index in [1.807, 2.05) is 25.1 Å². The third-order valence-corrected chi connectivity index (χ3v) is 2.53. The highest BCUT2D eigenvalue weighted by molar-refractivity contribution is 7.57. The van der Waals surface area contributed by atoms with Gasteiger partial charge in [-0.25, -0.2) is 0 Å². The number of pyridine rings is 1. The summed E-state index contributed by atoms with van der Waals surface area (Å²) in [5.41, 5.74) is 0.846. The number of aromatic nitrogens is 1. The largest absolute Gasteiger partial charge is 0.319 e. The van der Waals surface area contributed by atoms with Crippen molar-refractivity contribution in [2.75, 3.05) is 13.3 Å². The highest BCUT2D eigenvalue weighted by Gasteiger charge is 2.18. The predicted octanol–water partition coefficient (Wildman–Crippen LogP) is 3.09. The van der Waals surface area contributed by atoms with E-state index in [4.69, 9.17) is 4.52 Å². The maximum atomic E-state index is 11.5. The molecule has 0 bridgehead atoms. The van der Waals surface area contributed by atoms with Gasteiger partial charge in [-0.15, -0.1) is 0 Å². The Bertz CT molecular complexity index is 320. The van der Waals surface area contributed by atoms with Gasteiger partial charge in [0.1, 0.15) is 6.10 Å². The van der Waals surface area contributed by atoms with Crippen molar-refractivity contribution in [3.8, 4) is 0 Å². The van der Waals surface area contributed by atoms with Crippen LogP contribution in [0.2, 0.25) is 0 Å². The van der Waals surface area contributed by atoms with Crippen LogP contribution in [0.25, 0.3) is 0 Å². The maximum absolute atomic E-state index is 11.5. The van der Waals surface area contributed by atoms with Gasteiger partial charge in [0.25, 0.3) is 0 Å². The van der Waals surface area contributed by atoms with Crippen LogP contribution in [0, 0.1) is 0 Å². The highest BCUT2D eigenvalue weighted by atomic mass is 31.2. The molecule has 1 atom stereocenters. The van der Waals surface area contributed by atoms with Crippen LogP contribution in [-0.4, -0.2) is 18.3 Å². The van der Waals surface area contributed by atoms with Crippen LogP contribution in [0.1, 0.15) is 25.1 Å². The molecule has 0 amide bonds. The molecule has 78 valence electrons. The van der Waals surface area contributed by atoms with E-state index >= 15 is 0 Å². The molecule has 14 heavy (non-hydrogen) atoms. The van der Waals surface area contributed by atoms with Crippen molar-refractivity contribution in [3.63, 3.8) is 0 Å². The minimum atomic E-state index is -2.44. The fourth-order valence-corrected chi connectivity index (χ4v) is 2.08. The predicted molar refractivity (Wildman–Crippen MR) is 57.8 cm³/mol. The zero-order chi connectivity index (χ0) is 10.6. The first-order valence-corrected chi connectivity index (χ1v) is 7.19. The molecule has 1 heterocycles. The van der Waals surface area contributed by atoms with Gasteiger partial charge in [0.05, 0.1) is 5.69 Å². The van der Waals surface area contributed by atoms with Crippen LogP contribution in [0.5, 0.6) is 0 Å². The number of hydrogen-bond acceptors (Lipinski definition) is 3. The average Bonchev–Trinajstić information content (AvgIpc) is 2.14. The van der Waals surface area contributed by atoms with Crippen molar-refractivity contribution in [1.82, 2.24) is 4.98 Å². The topological polar surface area (TPSA) is 39.2 Å². The Morgan fingerprint density at radius 3 is 2.64 bits per heavy atom. The minimum absolute atomic E-state index is 0.156. The molecule has 0 saturated heterocycles. The first-order chi connectivity index (χ1) is 6.53. The molecule has 0 aliphatic rings. The molecule has 0 spiro atoms. The Hall–Kier alpha value is -0.660. The van der Waals surface area contributed by atoms with Gasteiger partial charge in [-0.1, -0.05) is 13.0 Å². The Morgan fingerprint density at radius 1 is 1.50 bits per heavy atom. The van der Waals surface area contributed by atoms with E-state index in [1.54, 1.807) is 19.5 Å². The summed E-state index contributed by atoms with van der Waals surface area (Å²) in [6, 6.07) is 5.65. The molecule has 4 heteroatoms. The lowest BCUT2D eigenvalue weighted by Crippen LogP contribution is -2.02. The van der Waals surface area contributed by atoms with Crippen LogP contribution in [0.4, 0.5) is 0 Å². The molecule has 0 aromatic carbocycles. The second-order valence-electron chi connectivity index (χ2n) is 3.51. The molecular formula is C10H16NO2P. The molecule has 0 saturated carbocycles. The molecule has 1 rings (SSSR count). The van der Waals surface area contributed by atoms with E-state index in [0.717, 1.165) is 12.1 Å². The van der Waals surface area contributed by atoms with Gasteiger partial charge in [0.15, 0.2) is 7.37 Å². The van der Waals surface area contributed by atoms with E-state index in [9.17, 15) is 4.57 Å². The molecule has 0 aliphatic carbocycles. The van der Waals surface area contributed by atoms with Crippen molar-refractivity contribution in [3.05, 3.63) is 30.1 Å². The molecule has 0 radical (unpaired) electrons.